The molecule has 1 N–H and O–H groups in total. The molecule has 28 valence electrons. The fourth-order valence-electron chi connectivity index (χ4n) is 0.323. The van der Waals surface area contributed by atoms with Crippen LogP contribution in [0, 0.1) is 0 Å². The summed E-state index contributed by atoms with van der Waals surface area (Å²) in [7, 11) is 0. The fourth-order valence-corrected chi connectivity index (χ4v) is 0.323. The molecule has 0 amide bonds. The summed E-state index contributed by atoms with van der Waals surface area (Å²) in [5, 5.41) is 2.93. The summed E-state index contributed by atoms with van der Waals surface area (Å²) in [6.07, 6.45) is 1.74. The van der Waals surface area contributed by atoms with E-state index in [-0.39, 0.29) is 25.8 Å². The molecule has 3 heteroatoms. The van der Waals surface area contributed by atoms with E-state index in [2.05, 4.69) is 10.3 Å². The van der Waals surface area contributed by atoms with Gasteiger partial charge in [0, 0.05) is 6.54 Å². The first-order valence-electron chi connectivity index (χ1n) is 1.72. The van der Waals surface area contributed by atoms with Crippen LogP contribution in [0.1, 0.15) is 0 Å². The number of nitrogens with one attached hydrogen (secondary N) is 1. The van der Waals surface area contributed by atoms with Gasteiger partial charge in [-0.05, 0) is 0 Å². The Bertz CT molecular complexity index is 46.8. The van der Waals surface area contributed by atoms with E-state index in [4.69, 9.17) is 0 Å². The Kier molecular flexibility index (Phi) is 3.73. The van der Waals surface area contributed by atoms with Gasteiger partial charge in [-0.15, -0.1) is 0 Å². The van der Waals surface area contributed by atoms with Gasteiger partial charge in [-0.25, -0.2) is 0 Å². The quantitative estimate of drug-likeness (QED) is 0.526. The van der Waals surface area contributed by atoms with Gasteiger partial charge >= 0.3 is 25.8 Å². The third-order valence-corrected chi connectivity index (χ3v) is 0.568. The summed E-state index contributed by atoms with van der Waals surface area (Å²) in [5.74, 6) is 0. The van der Waals surface area contributed by atoms with Crippen LogP contribution < -0.4 is 5.32 Å². The number of hydrogen-bond acceptors (Lipinski definition) is 2. The van der Waals surface area contributed by atoms with Crippen LogP contribution in [0.3, 0.4) is 0 Å². The Balaban J connectivity index is 0.000000250. The first-order chi connectivity index (χ1) is 2.50. The molecule has 0 aliphatic carbocycles. The summed E-state index contributed by atoms with van der Waals surface area (Å²) in [4.78, 5) is 3.85. The smallest absolute Gasteiger partial charge is 0.375 e. The zero-order chi connectivity index (χ0) is 3.54. The molecule has 0 aromatic heterocycles. The first-order valence-corrected chi connectivity index (χ1v) is 1.72. The molecule has 0 atom stereocenters. The van der Waals surface area contributed by atoms with Gasteiger partial charge in [0.05, 0.1) is 12.9 Å². The van der Waals surface area contributed by atoms with Gasteiger partial charge in [0.1, 0.15) is 0 Å². The molecule has 1 aliphatic rings. The van der Waals surface area contributed by atoms with Gasteiger partial charge in [-0.3, -0.25) is 4.99 Å². The monoisotopic (exact) mass is 185 g/mol. The minimum Gasteiger partial charge on any atom is -0.375 e. The van der Waals surface area contributed by atoms with Gasteiger partial charge in [0.25, 0.3) is 0 Å². The SMILES string of the molecule is C1=NCCN1.[In+3]. The molecule has 1 heterocycles. The second kappa shape index (κ2) is 3.53. The van der Waals surface area contributed by atoms with E-state index < -0.39 is 0 Å². The summed E-state index contributed by atoms with van der Waals surface area (Å²) >= 11 is 0. The molecule has 0 fully saturated rings. The Labute approximate surface area is 55.8 Å². The Morgan fingerprint density at radius 2 is 2.50 bits per heavy atom. The minimum absolute atomic E-state index is 0. The van der Waals surface area contributed by atoms with Crippen molar-refractivity contribution < 1.29 is 0 Å². The molecule has 0 unspecified atom stereocenters. The molecule has 0 aromatic carbocycles. The zero-order valence-electron chi connectivity index (χ0n) is 3.52. The summed E-state index contributed by atoms with van der Waals surface area (Å²) < 4.78 is 0. The summed E-state index contributed by atoms with van der Waals surface area (Å²) in [5.41, 5.74) is 0. The van der Waals surface area contributed by atoms with Crippen molar-refractivity contribution in [1.82, 2.24) is 5.32 Å². The van der Waals surface area contributed by atoms with E-state index in [9.17, 15) is 0 Å². The summed E-state index contributed by atoms with van der Waals surface area (Å²) in [6, 6.07) is 0. The van der Waals surface area contributed by atoms with Crippen molar-refractivity contribution in [3.8, 4) is 0 Å². The average molecular weight is 185 g/mol. The van der Waals surface area contributed by atoms with Crippen molar-refractivity contribution in [2.45, 2.75) is 0 Å². The van der Waals surface area contributed by atoms with Crippen LogP contribution in [0.2, 0.25) is 0 Å². The predicted molar refractivity (Wildman–Crippen MR) is 27.1 cm³/mol. The molecule has 2 nitrogen and oxygen atoms in total. The number of hydrogen-bond donors (Lipinski definition) is 1. The minimum atomic E-state index is 0. The first kappa shape index (κ1) is 6.34. The second-order valence-corrected chi connectivity index (χ2v) is 0.989. The molecule has 0 spiro atoms. The Morgan fingerprint density at radius 1 is 1.67 bits per heavy atom. The van der Waals surface area contributed by atoms with Gasteiger partial charge in [0.2, 0.25) is 0 Å². The molecule has 0 saturated heterocycles. The van der Waals surface area contributed by atoms with Crippen LogP contribution in [0.15, 0.2) is 4.99 Å². The maximum absolute atomic E-state index is 3.85. The molecular weight excluding hydrogens is 179 g/mol. The van der Waals surface area contributed by atoms with Crippen LogP contribution in [-0.2, 0) is 0 Å². The molecule has 0 aromatic rings. The van der Waals surface area contributed by atoms with Gasteiger partial charge in [-0.2, -0.15) is 0 Å². The topological polar surface area (TPSA) is 24.4 Å². The summed E-state index contributed by atoms with van der Waals surface area (Å²) in [6.45, 7) is 1.99. The zero-order valence-corrected chi connectivity index (χ0v) is 6.81. The van der Waals surface area contributed by atoms with Gasteiger partial charge < -0.3 is 5.32 Å². The Hall–Kier alpha value is 0.340. The van der Waals surface area contributed by atoms with Crippen molar-refractivity contribution in [3.63, 3.8) is 0 Å². The van der Waals surface area contributed by atoms with Crippen molar-refractivity contribution in [2.24, 2.45) is 4.99 Å². The van der Waals surface area contributed by atoms with Crippen molar-refractivity contribution in [3.05, 3.63) is 0 Å². The van der Waals surface area contributed by atoms with E-state index in [0.29, 0.717) is 0 Å². The third kappa shape index (κ3) is 1.70. The van der Waals surface area contributed by atoms with Crippen LogP contribution in [-0.4, -0.2) is 45.3 Å². The van der Waals surface area contributed by atoms with E-state index >= 15 is 0 Å². The molecule has 0 radical (unpaired) electrons. The van der Waals surface area contributed by atoms with E-state index in [0.717, 1.165) is 13.1 Å². The molecule has 0 bridgehead atoms. The standard InChI is InChI=1S/C3H6N2.In/c1-2-5-3-4-1;/h3H,1-2H2,(H,4,5);/q;+3. The maximum atomic E-state index is 3.85. The molecule has 6 heavy (non-hydrogen) atoms. The number of aliphatic imine (C=N–C) groups is 1. The number of rotatable bonds is 0. The second-order valence-electron chi connectivity index (χ2n) is 0.989. The average Bonchev–Trinajstić information content (AvgIpc) is 1.76. The Morgan fingerprint density at radius 3 is 2.67 bits per heavy atom. The number of nitrogens with zero attached hydrogens (tertiary/aromatic N) is 1. The normalized spacial score (nSPS) is 16.0. The van der Waals surface area contributed by atoms with Crippen molar-refractivity contribution in [1.29, 1.82) is 0 Å². The molecule has 1 aliphatic heterocycles. The van der Waals surface area contributed by atoms with Gasteiger partial charge in [0.15, 0.2) is 0 Å². The van der Waals surface area contributed by atoms with Crippen LogP contribution >= 0.6 is 0 Å². The van der Waals surface area contributed by atoms with Crippen LogP contribution in [0.4, 0.5) is 0 Å². The van der Waals surface area contributed by atoms with Gasteiger partial charge in [-0.1, -0.05) is 0 Å². The van der Waals surface area contributed by atoms with Crippen LogP contribution in [0.5, 0.6) is 0 Å². The van der Waals surface area contributed by atoms with Crippen LogP contribution in [0.25, 0.3) is 0 Å². The van der Waals surface area contributed by atoms with E-state index in [1.807, 2.05) is 0 Å². The predicted octanol–water partition coefficient (Wildman–Crippen LogP) is -0.763. The fraction of sp³-hybridized carbons (Fsp3) is 0.667. The van der Waals surface area contributed by atoms with Crippen molar-refractivity contribution in [2.75, 3.05) is 13.1 Å². The molecule has 1 rings (SSSR count). The largest absolute Gasteiger partial charge is 3.00 e. The third-order valence-electron chi connectivity index (χ3n) is 0.568. The maximum Gasteiger partial charge on any atom is 3.00 e. The molecular formula is C3H6InN2+3. The van der Waals surface area contributed by atoms with Crippen molar-refractivity contribution >= 4 is 32.2 Å². The molecule has 0 saturated carbocycles. The van der Waals surface area contributed by atoms with E-state index in [1.165, 1.54) is 0 Å². The van der Waals surface area contributed by atoms with E-state index in [1.54, 1.807) is 6.34 Å².